The topological polar surface area (TPSA) is 69.0 Å². The van der Waals surface area contributed by atoms with Crippen molar-refractivity contribution in [1.29, 1.82) is 0 Å². The van der Waals surface area contributed by atoms with E-state index in [1.165, 1.54) is 16.7 Å². The van der Waals surface area contributed by atoms with Crippen LogP contribution >= 0.6 is 11.6 Å². The molecule has 5 nitrogen and oxygen atoms in total. The molecule has 1 aromatic heterocycles. The highest BCUT2D eigenvalue weighted by atomic mass is 35.5. The van der Waals surface area contributed by atoms with Crippen LogP contribution in [0.4, 0.5) is 0 Å². The first kappa shape index (κ1) is 16.4. The van der Waals surface area contributed by atoms with Crippen LogP contribution in [0.1, 0.15) is 0 Å². The summed E-state index contributed by atoms with van der Waals surface area (Å²) in [7, 11) is -3.49. The minimum atomic E-state index is -3.49. The molecule has 3 rings (SSSR count). The molecule has 0 aliphatic carbocycles. The molecule has 0 radical (unpaired) electrons. The van der Waals surface area contributed by atoms with Crippen LogP contribution < -0.4 is 5.69 Å². The molecule has 0 aliphatic heterocycles. The van der Waals surface area contributed by atoms with Crippen LogP contribution in [0.5, 0.6) is 0 Å². The molecule has 24 heavy (non-hydrogen) atoms. The maximum Gasteiger partial charge on any atom is 0.354 e. The summed E-state index contributed by atoms with van der Waals surface area (Å²) in [6.07, 6.45) is 1.12. The molecule has 0 unspecified atom stereocenters. The number of rotatable bonds is 3. The maximum absolute atomic E-state index is 12.4. The average molecular weight is 361 g/mol. The van der Waals surface area contributed by atoms with Gasteiger partial charge in [0.2, 0.25) is 0 Å². The SMILES string of the molecule is CS(=O)(=O)c1ccccc1-c1cc(Cl)nc(=O)n1-c1ccccc1. The van der Waals surface area contributed by atoms with Crippen molar-refractivity contribution in [2.24, 2.45) is 0 Å². The van der Waals surface area contributed by atoms with E-state index in [0.29, 0.717) is 16.9 Å². The molecule has 1 heterocycles. The molecule has 0 saturated carbocycles. The van der Waals surface area contributed by atoms with Gasteiger partial charge in [-0.15, -0.1) is 0 Å². The smallest absolute Gasteiger partial charge is 0.260 e. The predicted octanol–water partition coefficient (Wildman–Crippen LogP) is 2.96. The van der Waals surface area contributed by atoms with Gasteiger partial charge >= 0.3 is 5.69 Å². The molecule has 0 saturated heterocycles. The third-order valence-corrected chi connectivity index (χ3v) is 4.82. The number of para-hydroxylation sites is 1. The van der Waals surface area contributed by atoms with E-state index in [2.05, 4.69) is 4.98 Å². The van der Waals surface area contributed by atoms with Crippen LogP contribution in [0.3, 0.4) is 0 Å². The first-order valence-electron chi connectivity index (χ1n) is 7.02. The van der Waals surface area contributed by atoms with E-state index in [9.17, 15) is 13.2 Å². The highest BCUT2D eigenvalue weighted by Crippen LogP contribution is 2.29. The van der Waals surface area contributed by atoms with Crippen LogP contribution in [0.15, 0.2) is 70.4 Å². The van der Waals surface area contributed by atoms with E-state index in [1.54, 1.807) is 42.5 Å². The second-order valence-corrected chi connectivity index (χ2v) is 7.56. The number of sulfone groups is 1. The fourth-order valence-electron chi connectivity index (χ4n) is 2.48. The van der Waals surface area contributed by atoms with E-state index in [-0.39, 0.29) is 10.0 Å². The van der Waals surface area contributed by atoms with Crippen molar-refractivity contribution in [3.05, 3.63) is 76.3 Å². The fraction of sp³-hybridized carbons (Fsp3) is 0.0588. The number of benzene rings is 2. The molecule has 122 valence electrons. The minimum absolute atomic E-state index is 0.00508. The third kappa shape index (κ3) is 3.11. The number of aromatic nitrogens is 2. The zero-order valence-electron chi connectivity index (χ0n) is 12.7. The molecule has 0 aliphatic rings. The van der Waals surface area contributed by atoms with Crippen molar-refractivity contribution in [3.8, 4) is 16.9 Å². The Balaban J connectivity index is 2.41. The van der Waals surface area contributed by atoms with Gasteiger partial charge in [0.25, 0.3) is 0 Å². The Morgan fingerprint density at radius 1 is 1.00 bits per heavy atom. The Bertz CT molecular complexity index is 1060. The molecule has 0 N–H and O–H groups in total. The summed E-state index contributed by atoms with van der Waals surface area (Å²) in [6.45, 7) is 0. The molecule has 0 bridgehead atoms. The summed E-state index contributed by atoms with van der Waals surface area (Å²) in [4.78, 5) is 16.3. The second kappa shape index (κ2) is 6.22. The van der Waals surface area contributed by atoms with E-state index < -0.39 is 15.5 Å². The van der Waals surface area contributed by atoms with Gasteiger partial charge in [0.15, 0.2) is 9.84 Å². The summed E-state index contributed by atoms with van der Waals surface area (Å²) in [5, 5.41) is 0.00508. The van der Waals surface area contributed by atoms with E-state index in [4.69, 9.17) is 11.6 Å². The summed E-state index contributed by atoms with van der Waals surface area (Å²) in [5.41, 5.74) is 0.759. The van der Waals surface area contributed by atoms with Crippen molar-refractivity contribution in [1.82, 2.24) is 9.55 Å². The number of hydrogen-bond acceptors (Lipinski definition) is 4. The van der Waals surface area contributed by atoms with Crippen molar-refractivity contribution >= 4 is 21.4 Å². The first-order valence-corrected chi connectivity index (χ1v) is 9.29. The molecule has 3 aromatic rings. The van der Waals surface area contributed by atoms with Crippen molar-refractivity contribution < 1.29 is 8.42 Å². The van der Waals surface area contributed by atoms with E-state index >= 15 is 0 Å². The summed E-state index contributed by atoms with van der Waals surface area (Å²) in [5.74, 6) is 0. The third-order valence-electron chi connectivity index (χ3n) is 3.47. The molecule has 2 aromatic carbocycles. The Morgan fingerprint density at radius 2 is 1.62 bits per heavy atom. The van der Waals surface area contributed by atoms with Crippen LogP contribution in [-0.4, -0.2) is 24.2 Å². The summed E-state index contributed by atoms with van der Waals surface area (Å²) in [6, 6.07) is 16.8. The van der Waals surface area contributed by atoms with Gasteiger partial charge < -0.3 is 0 Å². The van der Waals surface area contributed by atoms with Crippen LogP contribution in [0.25, 0.3) is 16.9 Å². The zero-order chi connectivity index (χ0) is 17.3. The second-order valence-electron chi connectivity index (χ2n) is 5.19. The Kier molecular flexibility index (Phi) is 4.26. The van der Waals surface area contributed by atoms with Crippen molar-refractivity contribution in [2.75, 3.05) is 6.26 Å². The summed E-state index contributed by atoms with van der Waals surface area (Å²) >= 11 is 5.95. The van der Waals surface area contributed by atoms with Gasteiger partial charge in [-0.1, -0.05) is 48.0 Å². The van der Waals surface area contributed by atoms with Crippen molar-refractivity contribution in [2.45, 2.75) is 4.90 Å². The molecular weight excluding hydrogens is 348 g/mol. The normalized spacial score (nSPS) is 11.4. The lowest BCUT2D eigenvalue weighted by Crippen LogP contribution is -2.23. The standard InChI is InChI=1S/C17H13ClN2O3S/c1-24(22,23)15-10-6-5-9-13(15)14-11-16(18)19-17(21)20(14)12-7-3-2-4-8-12/h2-11H,1H3. The molecule has 0 spiro atoms. The molecule has 0 amide bonds. The fourth-order valence-corrected chi connectivity index (χ4v) is 3.55. The highest BCUT2D eigenvalue weighted by molar-refractivity contribution is 7.90. The first-order chi connectivity index (χ1) is 11.4. The average Bonchev–Trinajstić information content (AvgIpc) is 2.54. The monoisotopic (exact) mass is 360 g/mol. The van der Waals surface area contributed by atoms with E-state index in [1.807, 2.05) is 6.07 Å². The quantitative estimate of drug-likeness (QED) is 0.673. The van der Waals surface area contributed by atoms with Gasteiger partial charge in [0.05, 0.1) is 16.3 Å². The van der Waals surface area contributed by atoms with Gasteiger partial charge in [0, 0.05) is 17.9 Å². The van der Waals surface area contributed by atoms with Gasteiger partial charge in [-0.2, -0.15) is 4.98 Å². The lowest BCUT2D eigenvalue weighted by Gasteiger charge is -2.15. The number of halogens is 1. The summed E-state index contributed by atoms with van der Waals surface area (Å²) < 4.78 is 25.6. The largest absolute Gasteiger partial charge is 0.354 e. The van der Waals surface area contributed by atoms with Crippen LogP contribution in [0, 0.1) is 0 Å². The Labute approximate surface area is 144 Å². The lowest BCUT2D eigenvalue weighted by atomic mass is 10.1. The van der Waals surface area contributed by atoms with Crippen LogP contribution in [-0.2, 0) is 9.84 Å². The Morgan fingerprint density at radius 3 is 2.29 bits per heavy atom. The van der Waals surface area contributed by atoms with Crippen molar-refractivity contribution in [3.63, 3.8) is 0 Å². The predicted molar refractivity (Wildman–Crippen MR) is 93.4 cm³/mol. The molecular formula is C17H13ClN2O3S. The van der Waals surface area contributed by atoms with Crippen LogP contribution in [0.2, 0.25) is 5.15 Å². The highest BCUT2D eigenvalue weighted by Gasteiger charge is 2.19. The maximum atomic E-state index is 12.4. The zero-order valence-corrected chi connectivity index (χ0v) is 14.3. The van der Waals surface area contributed by atoms with Gasteiger partial charge in [-0.3, -0.25) is 4.57 Å². The number of hydrogen-bond donors (Lipinski definition) is 0. The van der Waals surface area contributed by atoms with Gasteiger partial charge in [-0.05, 0) is 18.2 Å². The molecule has 0 fully saturated rings. The minimum Gasteiger partial charge on any atom is -0.260 e. The van der Waals surface area contributed by atoms with Gasteiger partial charge in [-0.25, -0.2) is 13.2 Å². The lowest BCUT2D eigenvalue weighted by molar-refractivity contribution is 0.602. The van der Waals surface area contributed by atoms with E-state index in [0.717, 1.165) is 6.26 Å². The van der Waals surface area contributed by atoms with Gasteiger partial charge in [0.1, 0.15) is 5.15 Å². The Hall–Kier alpha value is -2.44. The number of nitrogens with zero attached hydrogens (tertiary/aromatic N) is 2. The molecule has 7 heteroatoms. The molecule has 0 atom stereocenters.